The number of hydrazone groups is 1. The van der Waals surface area contributed by atoms with Crippen molar-refractivity contribution in [2.75, 3.05) is 12.5 Å². The van der Waals surface area contributed by atoms with Gasteiger partial charge in [-0.15, -0.1) is 0 Å². The first-order valence-corrected chi connectivity index (χ1v) is 5.95. The SMILES string of the molecule is COc1cc(C=NNc2ccccc2)cc(C(=O)O)c1. The minimum Gasteiger partial charge on any atom is -0.497 e. The molecule has 5 heteroatoms. The topological polar surface area (TPSA) is 70.9 Å². The van der Waals surface area contributed by atoms with Crippen LogP contribution in [-0.4, -0.2) is 24.4 Å². The van der Waals surface area contributed by atoms with E-state index >= 15 is 0 Å². The molecule has 0 bridgehead atoms. The molecule has 0 aromatic heterocycles. The lowest BCUT2D eigenvalue weighted by atomic mass is 10.1. The fourth-order valence-corrected chi connectivity index (χ4v) is 1.63. The van der Waals surface area contributed by atoms with Gasteiger partial charge in [-0.3, -0.25) is 5.43 Å². The number of benzene rings is 2. The zero-order chi connectivity index (χ0) is 14.4. The third-order valence-corrected chi connectivity index (χ3v) is 2.59. The largest absolute Gasteiger partial charge is 0.497 e. The molecule has 0 unspecified atom stereocenters. The summed E-state index contributed by atoms with van der Waals surface area (Å²) in [5.41, 5.74) is 4.51. The summed E-state index contributed by atoms with van der Waals surface area (Å²) < 4.78 is 5.06. The van der Waals surface area contributed by atoms with Crippen LogP contribution in [0.3, 0.4) is 0 Å². The number of nitrogens with one attached hydrogen (secondary N) is 1. The van der Waals surface area contributed by atoms with E-state index in [1.165, 1.54) is 19.2 Å². The van der Waals surface area contributed by atoms with Gasteiger partial charge in [0.15, 0.2) is 0 Å². The number of ether oxygens (including phenoxy) is 1. The highest BCUT2D eigenvalue weighted by molar-refractivity contribution is 5.91. The number of carboxylic acids is 1. The van der Waals surface area contributed by atoms with Crippen LogP contribution in [-0.2, 0) is 0 Å². The number of nitrogens with zero attached hydrogens (tertiary/aromatic N) is 1. The second-order valence-electron chi connectivity index (χ2n) is 4.04. The van der Waals surface area contributed by atoms with Gasteiger partial charge in [0, 0.05) is 0 Å². The first-order chi connectivity index (χ1) is 9.69. The quantitative estimate of drug-likeness (QED) is 0.647. The second kappa shape index (κ2) is 6.38. The fourth-order valence-electron chi connectivity index (χ4n) is 1.63. The number of carbonyl (C=O) groups is 1. The van der Waals surface area contributed by atoms with E-state index < -0.39 is 5.97 Å². The molecule has 102 valence electrons. The number of aromatic carboxylic acids is 1. The number of anilines is 1. The predicted molar refractivity (Wildman–Crippen MR) is 77.6 cm³/mol. The number of methoxy groups -OCH3 is 1. The smallest absolute Gasteiger partial charge is 0.335 e. The van der Waals surface area contributed by atoms with Gasteiger partial charge in [0.05, 0.1) is 24.6 Å². The first-order valence-electron chi connectivity index (χ1n) is 5.95. The van der Waals surface area contributed by atoms with Crippen LogP contribution in [0.4, 0.5) is 5.69 Å². The first kappa shape index (κ1) is 13.6. The van der Waals surface area contributed by atoms with Crippen molar-refractivity contribution in [2.24, 2.45) is 5.10 Å². The monoisotopic (exact) mass is 270 g/mol. The van der Waals surface area contributed by atoms with E-state index in [0.717, 1.165) is 5.69 Å². The lowest BCUT2D eigenvalue weighted by Gasteiger charge is -2.04. The van der Waals surface area contributed by atoms with Crippen LogP contribution in [0.1, 0.15) is 15.9 Å². The highest BCUT2D eigenvalue weighted by Gasteiger charge is 2.06. The Labute approximate surface area is 116 Å². The van der Waals surface area contributed by atoms with Crippen molar-refractivity contribution in [1.82, 2.24) is 0 Å². The molecule has 0 radical (unpaired) electrons. The van der Waals surface area contributed by atoms with Crippen molar-refractivity contribution in [3.05, 3.63) is 59.7 Å². The van der Waals surface area contributed by atoms with Gasteiger partial charge in [-0.2, -0.15) is 5.10 Å². The third kappa shape index (κ3) is 3.58. The molecule has 0 aliphatic carbocycles. The van der Waals surface area contributed by atoms with Crippen LogP contribution in [0.15, 0.2) is 53.6 Å². The third-order valence-electron chi connectivity index (χ3n) is 2.59. The maximum atomic E-state index is 11.0. The summed E-state index contributed by atoms with van der Waals surface area (Å²) in [6, 6.07) is 14.2. The van der Waals surface area contributed by atoms with Crippen LogP contribution in [0.2, 0.25) is 0 Å². The Kier molecular flexibility index (Phi) is 4.34. The van der Waals surface area contributed by atoms with E-state index in [-0.39, 0.29) is 5.56 Å². The molecule has 0 heterocycles. The van der Waals surface area contributed by atoms with Gasteiger partial charge in [-0.1, -0.05) is 18.2 Å². The average molecular weight is 270 g/mol. The molecule has 0 saturated heterocycles. The van der Waals surface area contributed by atoms with Crippen LogP contribution in [0.25, 0.3) is 0 Å². The number of para-hydroxylation sites is 1. The van der Waals surface area contributed by atoms with Gasteiger partial charge < -0.3 is 9.84 Å². The Bertz CT molecular complexity index is 624. The molecule has 20 heavy (non-hydrogen) atoms. The molecule has 2 rings (SSSR count). The summed E-state index contributed by atoms with van der Waals surface area (Å²) in [6.07, 6.45) is 1.54. The molecule has 2 aromatic carbocycles. The molecule has 2 aromatic rings. The zero-order valence-corrected chi connectivity index (χ0v) is 10.9. The minimum atomic E-state index is -1.01. The van der Waals surface area contributed by atoms with Crippen molar-refractivity contribution in [2.45, 2.75) is 0 Å². The predicted octanol–water partition coefficient (Wildman–Crippen LogP) is 2.84. The van der Waals surface area contributed by atoms with Gasteiger partial charge >= 0.3 is 5.97 Å². The van der Waals surface area contributed by atoms with Gasteiger partial charge in [0.2, 0.25) is 0 Å². The molecule has 0 amide bonds. The summed E-state index contributed by atoms with van der Waals surface area (Å²) in [5, 5.41) is 13.1. The normalized spacial score (nSPS) is 10.4. The summed E-state index contributed by atoms with van der Waals surface area (Å²) in [6.45, 7) is 0. The van der Waals surface area contributed by atoms with Gasteiger partial charge in [-0.05, 0) is 35.9 Å². The minimum absolute atomic E-state index is 0.158. The van der Waals surface area contributed by atoms with Crippen LogP contribution in [0.5, 0.6) is 5.75 Å². The number of rotatable bonds is 5. The Balaban J connectivity index is 2.16. The molecule has 0 fully saturated rings. The van der Waals surface area contributed by atoms with Crippen molar-refractivity contribution >= 4 is 17.9 Å². The van der Waals surface area contributed by atoms with Crippen LogP contribution >= 0.6 is 0 Å². The van der Waals surface area contributed by atoms with E-state index in [4.69, 9.17) is 9.84 Å². The van der Waals surface area contributed by atoms with Gasteiger partial charge in [0.25, 0.3) is 0 Å². The summed E-state index contributed by atoms with van der Waals surface area (Å²) in [5.74, 6) is -0.527. The van der Waals surface area contributed by atoms with Crippen LogP contribution < -0.4 is 10.2 Å². The standard InChI is InChI=1S/C15H14N2O3/c1-20-14-8-11(7-12(9-14)15(18)19)10-16-17-13-5-3-2-4-6-13/h2-10,17H,1H3,(H,18,19). The lowest BCUT2D eigenvalue weighted by molar-refractivity contribution is 0.0696. The highest BCUT2D eigenvalue weighted by atomic mass is 16.5. The zero-order valence-electron chi connectivity index (χ0n) is 10.9. The summed E-state index contributed by atoms with van der Waals surface area (Å²) in [7, 11) is 1.49. The molecular formula is C15H14N2O3. The molecule has 0 spiro atoms. The van der Waals surface area contributed by atoms with Crippen molar-refractivity contribution in [1.29, 1.82) is 0 Å². The Morgan fingerprint density at radius 1 is 1.25 bits per heavy atom. The molecule has 0 atom stereocenters. The summed E-state index contributed by atoms with van der Waals surface area (Å²) in [4.78, 5) is 11.0. The molecule has 0 aliphatic rings. The molecule has 0 saturated carbocycles. The van der Waals surface area contributed by atoms with E-state index in [2.05, 4.69) is 10.5 Å². The van der Waals surface area contributed by atoms with Crippen molar-refractivity contribution in [3.8, 4) is 5.75 Å². The van der Waals surface area contributed by atoms with Crippen LogP contribution in [0, 0.1) is 0 Å². The molecule has 2 N–H and O–H groups in total. The van der Waals surface area contributed by atoms with E-state index in [9.17, 15) is 4.79 Å². The van der Waals surface area contributed by atoms with E-state index in [1.54, 1.807) is 12.3 Å². The summed E-state index contributed by atoms with van der Waals surface area (Å²) >= 11 is 0. The molecule has 5 nitrogen and oxygen atoms in total. The molecular weight excluding hydrogens is 256 g/mol. The Morgan fingerprint density at radius 2 is 2.00 bits per heavy atom. The second-order valence-corrected chi connectivity index (χ2v) is 4.04. The maximum Gasteiger partial charge on any atom is 0.335 e. The Hall–Kier alpha value is -2.82. The molecule has 0 aliphatic heterocycles. The van der Waals surface area contributed by atoms with Gasteiger partial charge in [-0.25, -0.2) is 4.79 Å². The van der Waals surface area contributed by atoms with Gasteiger partial charge in [0.1, 0.15) is 5.75 Å². The number of hydrogen-bond donors (Lipinski definition) is 2. The van der Waals surface area contributed by atoms with E-state index in [0.29, 0.717) is 11.3 Å². The fraction of sp³-hybridized carbons (Fsp3) is 0.0667. The van der Waals surface area contributed by atoms with Crippen molar-refractivity contribution < 1.29 is 14.6 Å². The number of carboxylic acid groups (broad SMARTS) is 1. The highest BCUT2D eigenvalue weighted by Crippen LogP contribution is 2.16. The van der Waals surface area contributed by atoms with E-state index in [1.807, 2.05) is 30.3 Å². The Morgan fingerprint density at radius 3 is 2.65 bits per heavy atom. The number of hydrogen-bond acceptors (Lipinski definition) is 4. The van der Waals surface area contributed by atoms with Crippen molar-refractivity contribution in [3.63, 3.8) is 0 Å². The maximum absolute atomic E-state index is 11.0. The lowest BCUT2D eigenvalue weighted by Crippen LogP contribution is -1.99. The average Bonchev–Trinajstić information content (AvgIpc) is 2.48.